The van der Waals surface area contributed by atoms with Crippen molar-refractivity contribution >= 4 is 23.4 Å². The number of nitrogens with one attached hydrogen (secondary N) is 1. The van der Waals surface area contributed by atoms with Crippen LogP contribution in [0.25, 0.3) is 11.4 Å². The minimum Gasteiger partial charge on any atom is -0.497 e. The summed E-state index contributed by atoms with van der Waals surface area (Å²) < 4.78 is 7.19. The van der Waals surface area contributed by atoms with E-state index in [9.17, 15) is 4.79 Å². The van der Waals surface area contributed by atoms with E-state index >= 15 is 0 Å². The van der Waals surface area contributed by atoms with E-state index in [2.05, 4.69) is 38.9 Å². The van der Waals surface area contributed by atoms with Crippen LogP contribution in [0.1, 0.15) is 13.8 Å². The van der Waals surface area contributed by atoms with E-state index in [1.165, 1.54) is 11.8 Å². The SMILES string of the molecule is COc1ccc(NC(=O)CSc2nnc(-c3ccncc3)n2CC(C)C)cc1. The molecular formula is C20H23N5O2S. The van der Waals surface area contributed by atoms with Gasteiger partial charge in [-0.2, -0.15) is 0 Å². The van der Waals surface area contributed by atoms with Crippen molar-refractivity contribution in [3.8, 4) is 17.1 Å². The van der Waals surface area contributed by atoms with E-state index in [0.717, 1.165) is 34.5 Å². The van der Waals surface area contributed by atoms with Crippen LogP contribution in [-0.2, 0) is 11.3 Å². The highest BCUT2D eigenvalue weighted by atomic mass is 32.2. The monoisotopic (exact) mass is 397 g/mol. The maximum Gasteiger partial charge on any atom is 0.234 e. The van der Waals surface area contributed by atoms with Gasteiger partial charge in [0.15, 0.2) is 11.0 Å². The molecule has 8 heteroatoms. The van der Waals surface area contributed by atoms with Gasteiger partial charge in [-0.15, -0.1) is 10.2 Å². The van der Waals surface area contributed by atoms with Crippen LogP contribution in [0.3, 0.4) is 0 Å². The van der Waals surface area contributed by atoms with Gasteiger partial charge in [-0.1, -0.05) is 25.6 Å². The van der Waals surface area contributed by atoms with Gasteiger partial charge < -0.3 is 14.6 Å². The molecule has 0 saturated carbocycles. The van der Waals surface area contributed by atoms with Crippen molar-refractivity contribution in [3.05, 3.63) is 48.8 Å². The van der Waals surface area contributed by atoms with Crippen LogP contribution >= 0.6 is 11.8 Å². The molecule has 2 aromatic heterocycles. The van der Waals surface area contributed by atoms with Gasteiger partial charge in [-0.3, -0.25) is 9.78 Å². The van der Waals surface area contributed by atoms with Crippen LogP contribution in [0.5, 0.6) is 5.75 Å². The summed E-state index contributed by atoms with van der Waals surface area (Å²) in [5.74, 6) is 2.11. The average Bonchev–Trinajstić information content (AvgIpc) is 3.09. The molecule has 2 heterocycles. The number of hydrogen-bond donors (Lipinski definition) is 1. The first-order chi connectivity index (χ1) is 13.6. The maximum atomic E-state index is 12.3. The molecular weight excluding hydrogens is 374 g/mol. The molecule has 1 amide bonds. The van der Waals surface area contributed by atoms with Gasteiger partial charge in [-0.25, -0.2) is 0 Å². The Morgan fingerprint density at radius 3 is 2.50 bits per heavy atom. The molecule has 3 rings (SSSR count). The molecule has 0 unspecified atom stereocenters. The Bertz CT molecular complexity index is 910. The summed E-state index contributed by atoms with van der Waals surface area (Å²) in [6.45, 7) is 5.05. The molecule has 0 aliphatic carbocycles. The lowest BCUT2D eigenvalue weighted by Gasteiger charge is -2.12. The minimum atomic E-state index is -0.0975. The number of anilines is 1. The Morgan fingerprint density at radius 2 is 1.86 bits per heavy atom. The van der Waals surface area contributed by atoms with Gasteiger partial charge in [0.2, 0.25) is 5.91 Å². The first-order valence-electron chi connectivity index (χ1n) is 8.97. The molecule has 1 N–H and O–H groups in total. The number of aromatic nitrogens is 4. The molecule has 0 saturated heterocycles. The highest BCUT2D eigenvalue weighted by Crippen LogP contribution is 2.25. The lowest BCUT2D eigenvalue weighted by Crippen LogP contribution is -2.15. The summed E-state index contributed by atoms with van der Waals surface area (Å²) in [6.07, 6.45) is 3.47. The van der Waals surface area contributed by atoms with Gasteiger partial charge in [-0.05, 0) is 42.3 Å². The van der Waals surface area contributed by atoms with Gasteiger partial charge in [0, 0.05) is 30.2 Å². The van der Waals surface area contributed by atoms with Crippen molar-refractivity contribution in [2.24, 2.45) is 5.92 Å². The molecule has 7 nitrogen and oxygen atoms in total. The smallest absolute Gasteiger partial charge is 0.234 e. The Labute approximate surface area is 168 Å². The second-order valence-electron chi connectivity index (χ2n) is 6.61. The van der Waals surface area contributed by atoms with Crippen LogP contribution in [0, 0.1) is 5.92 Å². The molecule has 0 radical (unpaired) electrons. The zero-order chi connectivity index (χ0) is 19.9. The first kappa shape index (κ1) is 19.9. The second-order valence-corrected chi connectivity index (χ2v) is 7.55. The van der Waals surface area contributed by atoms with Crippen molar-refractivity contribution in [1.29, 1.82) is 0 Å². The van der Waals surface area contributed by atoms with Gasteiger partial charge in [0.1, 0.15) is 5.75 Å². The van der Waals surface area contributed by atoms with Crippen LogP contribution in [-0.4, -0.2) is 38.5 Å². The molecule has 1 aromatic carbocycles. The van der Waals surface area contributed by atoms with Crippen molar-refractivity contribution in [3.63, 3.8) is 0 Å². The van der Waals surface area contributed by atoms with E-state index < -0.39 is 0 Å². The number of amides is 1. The number of carbonyl (C=O) groups excluding carboxylic acids is 1. The number of ether oxygens (including phenoxy) is 1. The molecule has 28 heavy (non-hydrogen) atoms. The number of nitrogens with zero attached hydrogens (tertiary/aromatic N) is 4. The number of carbonyl (C=O) groups is 1. The molecule has 0 spiro atoms. The van der Waals surface area contributed by atoms with Crippen molar-refractivity contribution in [2.75, 3.05) is 18.2 Å². The largest absolute Gasteiger partial charge is 0.497 e. The maximum absolute atomic E-state index is 12.3. The number of thioether (sulfide) groups is 1. The quantitative estimate of drug-likeness (QED) is 0.583. The molecule has 0 aliphatic rings. The average molecular weight is 398 g/mol. The summed E-state index contributed by atoms with van der Waals surface area (Å²) in [4.78, 5) is 16.4. The third-order valence-electron chi connectivity index (χ3n) is 3.91. The third-order valence-corrected chi connectivity index (χ3v) is 4.88. The highest BCUT2D eigenvalue weighted by molar-refractivity contribution is 7.99. The Hall–Kier alpha value is -2.87. The number of pyridine rings is 1. The molecule has 0 bridgehead atoms. The number of hydrogen-bond acceptors (Lipinski definition) is 6. The van der Waals surface area contributed by atoms with E-state index in [0.29, 0.717) is 5.92 Å². The van der Waals surface area contributed by atoms with Crippen molar-refractivity contribution in [2.45, 2.75) is 25.5 Å². The number of methoxy groups -OCH3 is 1. The lowest BCUT2D eigenvalue weighted by molar-refractivity contribution is -0.113. The predicted octanol–water partition coefficient (Wildman–Crippen LogP) is 3.74. The Kier molecular flexibility index (Phi) is 6.65. The van der Waals surface area contributed by atoms with Crippen molar-refractivity contribution in [1.82, 2.24) is 19.7 Å². The first-order valence-corrected chi connectivity index (χ1v) is 9.95. The molecule has 146 valence electrons. The summed E-state index contributed by atoms with van der Waals surface area (Å²) in [6, 6.07) is 11.1. The normalized spacial score (nSPS) is 10.9. The third kappa shape index (κ3) is 5.10. The fourth-order valence-corrected chi connectivity index (χ4v) is 3.39. The highest BCUT2D eigenvalue weighted by Gasteiger charge is 2.16. The van der Waals surface area contributed by atoms with E-state index in [1.54, 1.807) is 19.5 Å². The second kappa shape index (κ2) is 9.36. The fraction of sp³-hybridized carbons (Fsp3) is 0.300. The zero-order valence-corrected chi connectivity index (χ0v) is 16.9. The topological polar surface area (TPSA) is 81.9 Å². The lowest BCUT2D eigenvalue weighted by atomic mass is 10.2. The minimum absolute atomic E-state index is 0.0975. The van der Waals surface area contributed by atoms with Crippen LogP contribution in [0.4, 0.5) is 5.69 Å². The number of rotatable bonds is 8. The molecule has 3 aromatic rings. The van der Waals surface area contributed by atoms with E-state index in [1.807, 2.05) is 36.4 Å². The molecule has 0 atom stereocenters. The Balaban J connectivity index is 1.69. The van der Waals surface area contributed by atoms with Crippen LogP contribution in [0.2, 0.25) is 0 Å². The number of benzene rings is 1. The standard InChI is InChI=1S/C20H23N5O2S/c1-14(2)12-25-19(15-8-10-21-11-9-15)23-24-20(25)28-13-18(26)22-16-4-6-17(27-3)7-5-16/h4-11,14H,12-13H2,1-3H3,(H,22,26). The van der Waals surface area contributed by atoms with Gasteiger partial charge >= 0.3 is 0 Å². The van der Waals surface area contributed by atoms with Gasteiger partial charge in [0.05, 0.1) is 12.9 Å². The molecule has 0 fully saturated rings. The fourth-order valence-electron chi connectivity index (χ4n) is 2.64. The summed E-state index contributed by atoms with van der Waals surface area (Å²) in [5.41, 5.74) is 1.69. The summed E-state index contributed by atoms with van der Waals surface area (Å²) >= 11 is 1.38. The van der Waals surface area contributed by atoms with E-state index in [-0.39, 0.29) is 11.7 Å². The van der Waals surface area contributed by atoms with Crippen molar-refractivity contribution < 1.29 is 9.53 Å². The zero-order valence-electron chi connectivity index (χ0n) is 16.1. The van der Waals surface area contributed by atoms with E-state index in [4.69, 9.17) is 4.74 Å². The Morgan fingerprint density at radius 1 is 1.14 bits per heavy atom. The summed E-state index contributed by atoms with van der Waals surface area (Å²) in [5, 5.41) is 12.3. The predicted molar refractivity (Wildman–Crippen MR) is 110 cm³/mol. The summed E-state index contributed by atoms with van der Waals surface area (Å²) in [7, 11) is 1.61. The molecule has 0 aliphatic heterocycles. The van der Waals surface area contributed by atoms with Crippen LogP contribution in [0.15, 0.2) is 53.9 Å². The van der Waals surface area contributed by atoms with Gasteiger partial charge in [0.25, 0.3) is 0 Å². The van der Waals surface area contributed by atoms with Crippen LogP contribution < -0.4 is 10.1 Å².